The van der Waals surface area contributed by atoms with Crippen LogP contribution < -0.4 is 0 Å². The van der Waals surface area contributed by atoms with Crippen LogP contribution in [0.3, 0.4) is 0 Å². The monoisotopic (exact) mass is 348 g/mol. The van der Waals surface area contributed by atoms with E-state index in [9.17, 15) is 17.2 Å². The lowest BCUT2D eigenvalue weighted by Gasteiger charge is -2.28. The van der Waals surface area contributed by atoms with Crippen LogP contribution in [-0.4, -0.2) is 64.1 Å². The average molecular weight is 348 g/mol. The average Bonchev–Trinajstić information content (AvgIpc) is 2.96. The fourth-order valence-corrected chi connectivity index (χ4v) is 4.58. The zero-order valence-electron chi connectivity index (χ0n) is 13.3. The summed E-state index contributed by atoms with van der Waals surface area (Å²) in [6.45, 7) is 2.07. The van der Waals surface area contributed by atoms with Gasteiger partial charge in [0, 0.05) is 32.8 Å². The summed E-state index contributed by atoms with van der Waals surface area (Å²) >= 11 is 0. The van der Waals surface area contributed by atoms with Crippen molar-refractivity contribution in [3.05, 3.63) is 29.8 Å². The summed E-state index contributed by atoms with van der Waals surface area (Å²) in [5.74, 6) is -2.47. The molecule has 8 heteroatoms. The minimum absolute atomic E-state index is 0.246. The molecule has 2 rings (SSSR count). The van der Waals surface area contributed by atoms with Crippen LogP contribution in [0.25, 0.3) is 0 Å². The van der Waals surface area contributed by atoms with Gasteiger partial charge in [-0.25, -0.2) is 17.2 Å². The molecule has 0 bridgehead atoms. The molecule has 5 nitrogen and oxygen atoms in total. The molecule has 1 aromatic rings. The molecule has 0 aromatic heterocycles. The van der Waals surface area contributed by atoms with Gasteiger partial charge < -0.3 is 9.64 Å². The minimum atomic E-state index is -4.05. The van der Waals surface area contributed by atoms with E-state index in [0.29, 0.717) is 39.1 Å². The maximum atomic E-state index is 13.9. The van der Waals surface area contributed by atoms with Crippen molar-refractivity contribution in [2.45, 2.75) is 23.8 Å². The zero-order valence-corrected chi connectivity index (χ0v) is 14.2. The molecule has 1 atom stereocenters. The summed E-state index contributed by atoms with van der Waals surface area (Å²) in [6, 6.07) is 2.98. The number of hydrogen-bond donors (Lipinski definition) is 0. The molecular weight excluding hydrogens is 326 g/mol. The van der Waals surface area contributed by atoms with Crippen molar-refractivity contribution < 1.29 is 21.9 Å². The lowest BCUT2D eigenvalue weighted by Crippen LogP contribution is -2.43. The minimum Gasteiger partial charge on any atom is -0.383 e. The van der Waals surface area contributed by atoms with E-state index in [1.807, 2.05) is 11.9 Å². The highest BCUT2D eigenvalue weighted by molar-refractivity contribution is 7.89. The van der Waals surface area contributed by atoms with Gasteiger partial charge >= 0.3 is 0 Å². The number of hydrogen-bond acceptors (Lipinski definition) is 4. The Kier molecular flexibility index (Phi) is 6.07. The number of halogens is 2. The van der Waals surface area contributed by atoms with Gasteiger partial charge in [0.2, 0.25) is 10.0 Å². The number of benzene rings is 1. The maximum Gasteiger partial charge on any atom is 0.246 e. The Morgan fingerprint density at radius 1 is 1.39 bits per heavy atom. The van der Waals surface area contributed by atoms with E-state index in [2.05, 4.69) is 0 Å². The van der Waals surface area contributed by atoms with Gasteiger partial charge in [-0.1, -0.05) is 6.07 Å². The van der Waals surface area contributed by atoms with Crippen LogP contribution in [0.1, 0.15) is 12.8 Å². The first-order valence-corrected chi connectivity index (χ1v) is 8.95. The van der Waals surface area contributed by atoms with E-state index >= 15 is 0 Å². The SMILES string of the molecule is COCCN(C)C[C@@H]1CCCN1S(=O)(=O)c1cccc(F)c1F. The number of methoxy groups -OCH3 is 1. The van der Waals surface area contributed by atoms with Crippen LogP contribution >= 0.6 is 0 Å². The smallest absolute Gasteiger partial charge is 0.246 e. The van der Waals surface area contributed by atoms with E-state index in [1.165, 1.54) is 10.4 Å². The molecule has 0 amide bonds. The highest BCUT2D eigenvalue weighted by Crippen LogP contribution is 2.28. The molecule has 130 valence electrons. The number of sulfonamides is 1. The second-order valence-corrected chi connectivity index (χ2v) is 7.58. The summed E-state index contributed by atoms with van der Waals surface area (Å²) in [6.07, 6.45) is 1.41. The molecule has 0 unspecified atom stereocenters. The molecule has 1 heterocycles. The van der Waals surface area contributed by atoms with Crippen molar-refractivity contribution in [1.82, 2.24) is 9.21 Å². The largest absolute Gasteiger partial charge is 0.383 e. The van der Waals surface area contributed by atoms with Crippen molar-refractivity contribution in [2.24, 2.45) is 0 Å². The van der Waals surface area contributed by atoms with Crippen LogP contribution in [0.2, 0.25) is 0 Å². The van der Waals surface area contributed by atoms with Crippen molar-refractivity contribution in [3.8, 4) is 0 Å². The second-order valence-electron chi connectivity index (χ2n) is 5.72. The fourth-order valence-electron chi connectivity index (χ4n) is 2.82. The molecule has 1 aliphatic heterocycles. The van der Waals surface area contributed by atoms with Gasteiger partial charge in [-0.05, 0) is 32.0 Å². The third-order valence-corrected chi connectivity index (χ3v) is 5.99. The molecule has 1 aliphatic rings. The first kappa shape index (κ1) is 18.3. The summed E-state index contributed by atoms with van der Waals surface area (Å²) in [4.78, 5) is 1.38. The van der Waals surface area contributed by atoms with Gasteiger partial charge in [0.1, 0.15) is 4.90 Å². The van der Waals surface area contributed by atoms with E-state index < -0.39 is 26.6 Å². The van der Waals surface area contributed by atoms with E-state index in [1.54, 1.807) is 7.11 Å². The molecule has 0 spiro atoms. The third kappa shape index (κ3) is 4.06. The number of rotatable bonds is 7. The molecule has 0 N–H and O–H groups in total. The van der Waals surface area contributed by atoms with Gasteiger partial charge in [-0.3, -0.25) is 0 Å². The summed E-state index contributed by atoms with van der Waals surface area (Å²) in [5, 5.41) is 0. The molecule has 23 heavy (non-hydrogen) atoms. The van der Waals surface area contributed by atoms with Crippen molar-refractivity contribution in [3.63, 3.8) is 0 Å². The highest BCUT2D eigenvalue weighted by atomic mass is 32.2. The Morgan fingerprint density at radius 2 is 2.13 bits per heavy atom. The van der Waals surface area contributed by atoms with Gasteiger partial charge in [-0.2, -0.15) is 4.31 Å². The number of nitrogens with zero attached hydrogens (tertiary/aromatic N) is 2. The fraction of sp³-hybridized carbons (Fsp3) is 0.600. The Balaban J connectivity index is 2.19. The third-order valence-electron chi connectivity index (χ3n) is 4.03. The molecule has 0 radical (unpaired) electrons. The summed E-state index contributed by atoms with van der Waals surface area (Å²) in [5.41, 5.74) is 0. The van der Waals surface area contributed by atoms with Crippen LogP contribution in [0.5, 0.6) is 0 Å². The quantitative estimate of drug-likeness (QED) is 0.753. The Morgan fingerprint density at radius 3 is 2.83 bits per heavy atom. The standard InChI is InChI=1S/C15H22F2N2O3S/c1-18(9-10-22-2)11-12-5-4-8-19(12)23(20,21)14-7-3-6-13(16)15(14)17/h3,6-7,12H,4-5,8-11H2,1-2H3/t12-/m0/s1. The zero-order chi connectivity index (χ0) is 17.0. The van der Waals surface area contributed by atoms with Gasteiger partial charge in [0.05, 0.1) is 6.61 Å². The first-order valence-electron chi connectivity index (χ1n) is 7.51. The van der Waals surface area contributed by atoms with Crippen LogP contribution in [0, 0.1) is 11.6 Å². The predicted octanol–water partition coefficient (Wildman–Crippen LogP) is 1.70. The van der Waals surface area contributed by atoms with Crippen LogP contribution in [-0.2, 0) is 14.8 Å². The Labute approximate surface area is 135 Å². The van der Waals surface area contributed by atoms with Gasteiger partial charge in [0.25, 0.3) is 0 Å². The molecule has 1 aromatic carbocycles. The normalized spacial score (nSPS) is 19.6. The summed E-state index contributed by atoms with van der Waals surface area (Å²) < 4.78 is 58.9. The van der Waals surface area contributed by atoms with Crippen LogP contribution in [0.15, 0.2) is 23.1 Å². The maximum absolute atomic E-state index is 13.9. The van der Waals surface area contributed by atoms with E-state index in [-0.39, 0.29) is 6.04 Å². The topological polar surface area (TPSA) is 49.9 Å². The molecular formula is C15H22F2N2O3S. The lowest BCUT2D eigenvalue weighted by molar-refractivity contribution is 0.151. The van der Waals surface area contributed by atoms with E-state index in [0.717, 1.165) is 12.1 Å². The Hall–Kier alpha value is -1.09. The first-order chi connectivity index (χ1) is 10.9. The molecule has 1 saturated heterocycles. The predicted molar refractivity (Wildman–Crippen MR) is 82.6 cm³/mol. The lowest BCUT2D eigenvalue weighted by atomic mass is 10.2. The number of ether oxygens (including phenoxy) is 1. The van der Waals surface area contributed by atoms with Crippen molar-refractivity contribution in [1.29, 1.82) is 0 Å². The van der Waals surface area contributed by atoms with Gasteiger partial charge in [-0.15, -0.1) is 0 Å². The molecule has 0 saturated carbocycles. The number of likely N-dealkylation sites (N-methyl/N-ethyl adjacent to an activating group) is 1. The second kappa shape index (κ2) is 7.65. The van der Waals surface area contributed by atoms with Gasteiger partial charge in [0.15, 0.2) is 11.6 Å². The molecule has 0 aliphatic carbocycles. The highest BCUT2D eigenvalue weighted by Gasteiger charge is 2.37. The van der Waals surface area contributed by atoms with E-state index in [4.69, 9.17) is 4.74 Å². The summed E-state index contributed by atoms with van der Waals surface area (Å²) in [7, 11) is -0.563. The van der Waals surface area contributed by atoms with Crippen molar-refractivity contribution in [2.75, 3.05) is 40.4 Å². The van der Waals surface area contributed by atoms with Crippen molar-refractivity contribution >= 4 is 10.0 Å². The Bertz CT molecular complexity index is 640. The van der Waals surface area contributed by atoms with Crippen LogP contribution in [0.4, 0.5) is 8.78 Å². The molecule has 1 fully saturated rings.